The molecule has 13 heavy (non-hydrogen) atoms. The van der Waals surface area contributed by atoms with E-state index in [1.54, 1.807) is 0 Å². The maximum Gasteiger partial charge on any atom is -0.0228 e. The Hall–Kier alpha value is -1.30. The molecule has 0 nitrogen and oxygen atoms in total. The Kier molecular flexibility index (Phi) is 4.04. The molecular weight excluding hydrogens is 156 g/mol. The van der Waals surface area contributed by atoms with Gasteiger partial charge in [-0.05, 0) is 30.9 Å². The van der Waals surface area contributed by atoms with Crippen molar-refractivity contribution in [3.63, 3.8) is 0 Å². The van der Waals surface area contributed by atoms with Crippen LogP contribution in [0.25, 0.3) is 6.08 Å². The maximum atomic E-state index is 3.73. The molecule has 0 N–H and O–H groups in total. The molecule has 0 radical (unpaired) electrons. The van der Waals surface area contributed by atoms with Crippen molar-refractivity contribution in [2.45, 2.75) is 19.8 Å². The van der Waals surface area contributed by atoms with E-state index < -0.39 is 0 Å². The number of benzene rings is 1. The van der Waals surface area contributed by atoms with Crippen molar-refractivity contribution in [1.29, 1.82) is 0 Å². The summed E-state index contributed by atoms with van der Waals surface area (Å²) in [5, 5.41) is 0. The minimum Gasteiger partial charge on any atom is -0.103 e. The molecular formula is C13H16. The number of rotatable bonds is 4. The van der Waals surface area contributed by atoms with Crippen molar-refractivity contribution < 1.29 is 0 Å². The third-order valence-corrected chi connectivity index (χ3v) is 2.02. The molecule has 0 aliphatic carbocycles. The van der Waals surface area contributed by atoms with Crippen LogP contribution in [0.1, 0.15) is 24.5 Å². The number of hydrogen-bond acceptors (Lipinski definition) is 0. The molecule has 0 atom stereocenters. The molecule has 0 aromatic heterocycles. The molecule has 0 aliphatic heterocycles. The lowest BCUT2D eigenvalue weighted by Crippen LogP contribution is -1.87. The zero-order valence-corrected chi connectivity index (χ0v) is 8.16. The van der Waals surface area contributed by atoms with Crippen LogP contribution in [0, 0.1) is 0 Å². The van der Waals surface area contributed by atoms with Gasteiger partial charge in [0.05, 0.1) is 0 Å². The second kappa shape index (κ2) is 5.36. The van der Waals surface area contributed by atoms with E-state index in [2.05, 4.69) is 43.0 Å². The van der Waals surface area contributed by atoms with Gasteiger partial charge in [-0.15, -0.1) is 6.58 Å². The zero-order valence-electron chi connectivity index (χ0n) is 8.16. The van der Waals surface area contributed by atoms with Gasteiger partial charge in [0.1, 0.15) is 0 Å². The fourth-order valence-electron chi connectivity index (χ4n) is 1.36. The Morgan fingerprint density at radius 3 is 2.77 bits per heavy atom. The van der Waals surface area contributed by atoms with Gasteiger partial charge in [-0.2, -0.15) is 0 Å². The molecule has 0 saturated carbocycles. The molecule has 0 aliphatic rings. The third kappa shape index (κ3) is 2.90. The Bertz CT molecular complexity index is 295. The summed E-state index contributed by atoms with van der Waals surface area (Å²) in [4.78, 5) is 0. The van der Waals surface area contributed by atoms with Crippen LogP contribution < -0.4 is 0 Å². The predicted molar refractivity (Wildman–Crippen MR) is 59.7 cm³/mol. The molecule has 1 rings (SSSR count). The molecule has 1 aromatic carbocycles. The molecule has 0 bridgehead atoms. The summed E-state index contributed by atoms with van der Waals surface area (Å²) in [6, 6.07) is 8.50. The summed E-state index contributed by atoms with van der Waals surface area (Å²) in [5.74, 6) is 0. The highest BCUT2D eigenvalue weighted by atomic mass is 14.0. The fraction of sp³-hybridized carbons (Fsp3) is 0.231. The van der Waals surface area contributed by atoms with Crippen LogP contribution in [0.3, 0.4) is 0 Å². The monoisotopic (exact) mass is 172 g/mol. The SMILES string of the molecule is C=CCCc1ccccc1/C=C\C. The lowest BCUT2D eigenvalue weighted by molar-refractivity contribution is 1.00. The summed E-state index contributed by atoms with van der Waals surface area (Å²) in [5.41, 5.74) is 2.73. The second-order valence-corrected chi connectivity index (χ2v) is 3.03. The van der Waals surface area contributed by atoms with Crippen molar-refractivity contribution in [1.82, 2.24) is 0 Å². The zero-order chi connectivity index (χ0) is 9.52. The first-order valence-electron chi connectivity index (χ1n) is 4.70. The second-order valence-electron chi connectivity index (χ2n) is 3.03. The summed E-state index contributed by atoms with van der Waals surface area (Å²) < 4.78 is 0. The van der Waals surface area contributed by atoms with E-state index in [-0.39, 0.29) is 0 Å². The highest BCUT2D eigenvalue weighted by Crippen LogP contribution is 2.12. The van der Waals surface area contributed by atoms with Crippen molar-refractivity contribution in [2.75, 3.05) is 0 Å². The van der Waals surface area contributed by atoms with Gasteiger partial charge in [-0.25, -0.2) is 0 Å². The smallest absolute Gasteiger partial charge is 0.0228 e. The van der Waals surface area contributed by atoms with Crippen molar-refractivity contribution >= 4 is 6.08 Å². The van der Waals surface area contributed by atoms with E-state index in [4.69, 9.17) is 0 Å². The first-order chi connectivity index (χ1) is 6.38. The summed E-state index contributed by atoms with van der Waals surface area (Å²) in [7, 11) is 0. The molecule has 1 aromatic rings. The van der Waals surface area contributed by atoms with Gasteiger partial charge in [0.15, 0.2) is 0 Å². The van der Waals surface area contributed by atoms with Gasteiger partial charge in [0.25, 0.3) is 0 Å². The third-order valence-electron chi connectivity index (χ3n) is 2.02. The lowest BCUT2D eigenvalue weighted by Gasteiger charge is -2.03. The van der Waals surface area contributed by atoms with E-state index in [1.165, 1.54) is 11.1 Å². The van der Waals surface area contributed by atoms with Crippen molar-refractivity contribution in [3.8, 4) is 0 Å². The Balaban J connectivity index is 2.83. The van der Waals surface area contributed by atoms with E-state index in [1.807, 2.05) is 13.0 Å². The van der Waals surface area contributed by atoms with Gasteiger partial charge in [-0.3, -0.25) is 0 Å². The Labute approximate surface area is 80.6 Å². The maximum absolute atomic E-state index is 3.73. The van der Waals surface area contributed by atoms with Gasteiger partial charge >= 0.3 is 0 Å². The molecule has 0 heteroatoms. The van der Waals surface area contributed by atoms with Crippen LogP contribution in [0.5, 0.6) is 0 Å². The van der Waals surface area contributed by atoms with Crippen molar-refractivity contribution in [2.24, 2.45) is 0 Å². The molecule has 0 unspecified atom stereocenters. The molecule has 0 saturated heterocycles. The van der Waals surface area contributed by atoms with E-state index in [0.29, 0.717) is 0 Å². The minimum absolute atomic E-state index is 1.05. The normalized spacial score (nSPS) is 10.5. The van der Waals surface area contributed by atoms with E-state index in [9.17, 15) is 0 Å². The standard InChI is InChI=1S/C13H16/c1-3-5-9-13-11-7-6-10-12(13)8-4-2/h3-4,6-8,10-11H,1,5,9H2,2H3/b8-4-. The topological polar surface area (TPSA) is 0 Å². The first-order valence-corrected chi connectivity index (χ1v) is 4.70. The van der Waals surface area contributed by atoms with Gasteiger partial charge in [-0.1, -0.05) is 42.5 Å². The summed E-state index contributed by atoms with van der Waals surface area (Å²) >= 11 is 0. The molecule has 0 heterocycles. The Morgan fingerprint density at radius 2 is 2.08 bits per heavy atom. The molecule has 0 fully saturated rings. The number of hydrogen-bond donors (Lipinski definition) is 0. The molecule has 0 amide bonds. The highest BCUT2D eigenvalue weighted by Gasteiger charge is 1.95. The fourth-order valence-corrected chi connectivity index (χ4v) is 1.36. The highest BCUT2D eigenvalue weighted by molar-refractivity contribution is 5.53. The number of allylic oxidation sites excluding steroid dienone is 2. The molecule has 0 spiro atoms. The van der Waals surface area contributed by atoms with Crippen LogP contribution in [0.2, 0.25) is 0 Å². The first kappa shape index (κ1) is 9.79. The Morgan fingerprint density at radius 1 is 1.31 bits per heavy atom. The number of aryl methyl sites for hydroxylation is 1. The van der Waals surface area contributed by atoms with Crippen LogP contribution >= 0.6 is 0 Å². The summed E-state index contributed by atoms with van der Waals surface area (Å²) in [6.07, 6.45) is 8.33. The quantitative estimate of drug-likeness (QED) is 0.605. The van der Waals surface area contributed by atoms with Crippen LogP contribution in [0.4, 0.5) is 0 Å². The van der Waals surface area contributed by atoms with E-state index >= 15 is 0 Å². The molecule has 68 valence electrons. The average Bonchev–Trinajstić information content (AvgIpc) is 2.17. The van der Waals surface area contributed by atoms with Crippen LogP contribution in [-0.2, 0) is 6.42 Å². The predicted octanol–water partition coefficient (Wildman–Crippen LogP) is 3.84. The van der Waals surface area contributed by atoms with Crippen molar-refractivity contribution in [3.05, 3.63) is 54.1 Å². The lowest BCUT2D eigenvalue weighted by atomic mass is 10.0. The summed E-state index contributed by atoms with van der Waals surface area (Å²) in [6.45, 7) is 5.78. The average molecular weight is 172 g/mol. The van der Waals surface area contributed by atoms with Crippen LogP contribution in [0.15, 0.2) is 43.0 Å². The van der Waals surface area contributed by atoms with Gasteiger partial charge < -0.3 is 0 Å². The van der Waals surface area contributed by atoms with E-state index in [0.717, 1.165) is 12.8 Å². The minimum atomic E-state index is 1.05. The largest absolute Gasteiger partial charge is 0.103 e. The van der Waals surface area contributed by atoms with Crippen LogP contribution in [-0.4, -0.2) is 0 Å². The van der Waals surface area contributed by atoms with Gasteiger partial charge in [0, 0.05) is 0 Å². The van der Waals surface area contributed by atoms with Gasteiger partial charge in [0.2, 0.25) is 0 Å².